The van der Waals surface area contributed by atoms with Gasteiger partial charge in [-0.15, -0.1) is 0 Å². The molecule has 1 N–H and O–H groups in total. The Morgan fingerprint density at radius 1 is 1.32 bits per heavy atom. The number of nitrogens with zero attached hydrogens (tertiary/aromatic N) is 1. The van der Waals surface area contributed by atoms with Crippen LogP contribution in [0, 0.1) is 0 Å². The Morgan fingerprint density at radius 2 is 2.16 bits per heavy atom. The Hall–Kier alpha value is -1.10. The highest BCUT2D eigenvalue weighted by Gasteiger charge is 2.27. The average molecular weight is 265 g/mol. The van der Waals surface area contributed by atoms with Crippen molar-refractivity contribution in [3.63, 3.8) is 0 Å². The monoisotopic (exact) mass is 265 g/mol. The van der Waals surface area contributed by atoms with E-state index >= 15 is 0 Å². The molecule has 1 aromatic carbocycles. The molecule has 2 rings (SSSR count). The molecule has 1 unspecified atom stereocenters. The molecule has 0 heterocycles. The van der Waals surface area contributed by atoms with Crippen molar-refractivity contribution >= 4 is 0 Å². The largest absolute Gasteiger partial charge is 0.508 e. The number of hydrogen-bond acceptors (Lipinski definition) is 4. The van der Waals surface area contributed by atoms with Crippen molar-refractivity contribution in [2.45, 2.75) is 45.6 Å². The molecule has 0 fully saturated rings. The van der Waals surface area contributed by atoms with Gasteiger partial charge in [0.2, 0.25) is 0 Å². The number of aromatic hydroxyl groups is 1. The first-order chi connectivity index (χ1) is 9.26. The molecule has 0 radical (unpaired) electrons. The van der Waals surface area contributed by atoms with Gasteiger partial charge in [0, 0.05) is 0 Å². The lowest BCUT2D eigenvalue weighted by Crippen LogP contribution is -2.39. The second-order valence-electron chi connectivity index (χ2n) is 4.85. The number of benzene rings is 1. The minimum Gasteiger partial charge on any atom is -0.508 e. The molecule has 4 nitrogen and oxygen atoms in total. The van der Waals surface area contributed by atoms with Gasteiger partial charge in [-0.2, -0.15) is 0 Å². The van der Waals surface area contributed by atoms with Crippen LogP contribution in [0.5, 0.6) is 5.75 Å². The van der Waals surface area contributed by atoms with E-state index < -0.39 is 0 Å². The van der Waals surface area contributed by atoms with E-state index in [9.17, 15) is 5.11 Å². The minimum absolute atomic E-state index is 0.223. The Bertz CT molecular complexity index is 408. The van der Waals surface area contributed by atoms with Crippen molar-refractivity contribution in [2.24, 2.45) is 0 Å². The van der Waals surface area contributed by atoms with Crippen LogP contribution >= 0.6 is 0 Å². The summed E-state index contributed by atoms with van der Waals surface area (Å²) in [6.07, 6.45) is 3.63. The Labute approximate surface area is 114 Å². The lowest BCUT2D eigenvalue weighted by Gasteiger charge is -2.32. The van der Waals surface area contributed by atoms with Gasteiger partial charge in [-0.05, 0) is 49.8 Å². The van der Waals surface area contributed by atoms with Crippen molar-refractivity contribution in [1.29, 1.82) is 0 Å². The fraction of sp³-hybridized carbons (Fsp3) is 0.600. The molecular formula is C15H23NO3. The molecular weight excluding hydrogens is 242 g/mol. The summed E-state index contributed by atoms with van der Waals surface area (Å²) in [5.74, 6) is 0.411. The zero-order valence-electron chi connectivity index (χ0n) is 11.8. The van der Waals surface area contributed by atoms with Crippen LogP contribution in [0.3, 0.4) is 0 Å². The average Bonchev–Trinajstić information content (AvgIpc) is 2.43. The van der Waals surface area contributed by atoms with Crippen LogP contribution in [-0.4, -0.2) is 29.6 Å². The molecule has 0 aromatic heterocycles. The van der Waals surface area contributed by atoms with E-state index in [0.717, 1.165) is 31.2 Å². The summed E-state index contributed by atoms with van der Waals surface area (Å²) in [6.45, 7) is 5.32. The third-order valence-corrected chi connectivity index (χ3v) is 3.41. The highest BCUT2D eigenvalue weighted by molar-refractivity contribution is 5.41. The predicted octanol–water partition coefficient (Wildman–Crippen LogP) is 2.84. The first kappa shape index (κ1) is 14.3. The maximum Gasteiger partial charge on any atom is 0.119 e. The molecule has 19 heavy (non-hydrogen) atoms. The summed E-state index contributed by atoms with van der Waals surface area (Å²) in [5.41, 5.74) is 2.27. The fourth-order valence-corrected chi connectivity index (χ4v) is 2.50. The molecule has 1 atom stereocenters. The van der Waals surface area contributed by atoms with E-state index in [1.54, 1.807) is 11.3 Å². The van der Waals surface area contributed by atoms with Crippen molar-refractivity contribution in [3.05, 3.63) is 29.3 Å². The standard InChI is InChI=1S/C15H23NO3/c1-3-10-19-16(18-4-2)13-8-9-14-12(11-13)6-5-7-15(14)17/h5-7,13,17H,3-4,8-11H2,1-2H3. The lowest BCUT2D eigenvalue weighted by molar-refractivity contribution is -0.387. The van der Waals surface area contributed by atoms with Gasteiger partial charge in [-0.1, -0.05) is 24.3 Å². The summed E-state index contributed by atoms with van der Waals surface area (Å²) in [5, 5.41) is 11.5. The van der Waals surface area contributed by atoms with Crippen LogP contribution in [-0.2, 0) is 22.5 Å². The van der Waals surface area contributed by atoms with E-state index in [1.165, 1.54) is 5.56 Å². The number of rotatable bonds is 6. The first-order valence-electron chi connectivity index (χ1n) is 7.11. The van der Waals surface area contributed by atoms with Crippen molar-refractivity contribution in [2.75, 3.05) is 13.2 Å². The normalized spacial score (nSPS) is 18.6. The van der Waals surface area contributed by atoms with Crippen LogP contribution in [0.25, 0.3) is 0 Å². The highest BCUT2D eigenvalue weighted by Crippen LogP contribution is 2.30. The molecule has 0 amide bonds. The maximum absolute atomic E-state index is 9.85. The van der Waals surface area contributed by atoms with E-state index in [2.05, 4.69) is 13.0 Å². The molecule has 106 valence electrons. The zero-order valence-corrected chi connectivity index (χ0v) is 11.8. The molecule has 1 aliphatic carbocycles. The maximum atomic E-state index is 9.85. The molecule has 1 aliphatic rings. The highest BCUT2D eigenvalue weighted by atomic mass is 16.9. The smallest absolute Gasteiger partial charge is 0.119 e. The van der Waals surface area contributed by atoms with E-state index in [-0.39, 0.29) is 6.04 Å². The quantitative estimate of drug-likeness (QED) is 0.803. The Morgan fingerprint density at radius 3 is 2.89 bits per heavy atom. The molecule has 4 heteroatoms. The van der Waals surface area contributed by atoms with Gasteiger partial charge in [0.25, 0.3) is 0 Å². The second-order valence-corrected chi connectivity index (χ2v) is 4.85. The number of phenols is 1. The summed E-state index contributed by atoms with van der Waals surface area (Å²) in [6, 6.07) is 5.95. The lowest BCUT2D eigenvalue weighted by atomic mass is 9.88. The summed E-state index contributed by atoms with van der Waals surface area (Å²) < 4.78 is 0. The summed E-state index contributed by atoms with van der Waals surface area (Å²) in [4.78, 5) is 11.2. The number of hydroxylamine groups is 2. The van der Waals surface area contributed by atoms with E-state index in [1.807, 2.05) is 13.0 Å². The first-order valence-corrected chi connectivity index (χ1v) is 7.11. The molecule has 0 spiro atoms. The topological polar surface area (TPSA) is 41.9 Å². The third kappa shape index (κ3) is 3.47. The van der Waals surface area contributed by atoms with E-state index in [0.29, 0.717) is 19.0 Å². The van der Waals surface area contributed by atoms with Gasteiger partial charge in [0.05, 0.1) is 19.3 Å². The SMILES string of the molecule is CCCON(OCC)C1CCc2c(O)cccc2C1. The van der Waals surface area contributed by atoms with Crippen LogP contribution < -0.4 is 0 Å². The summed E-state index contributed by atoms with van der Waals surface area (Å²) in [7, 11) is 0. The second kappa shape index (κ2) is 6.89. The minimum atomic E-state index is 0.223. The van der Waals surface area contributed by atoms with Crippen molar-refractivity contribution < 1.29 is 14.8 Å². The molecule has 0 saturated carbocycles. The Balaban J connectivity index is 2.06. The molecule has 1 aromatic rings. The number of fused-ring (bicyclic) bond motifs is 1. The van der Waals surface area contributed by atoms with Crippen molar-refractivity contribution in [1.82, 2.24) is 5.23 Å². The molecule has 0 aliphatic heterocycles. The summed E-state index contributed by atoms with van der Waals surface area (Å²) >= 11 is 0. The van der Waals surface area contributed by atoms with E-state index in [4.69, 9.17) is 9.68 Å². The number of hydrogen-bond donors (Lipinski definition) is 1. The van der Waals surface area contributed by atoms with Gasteiger partial charge in [-0.3, -0.25) is 9.68 Å². The molecule has 0 saturated heterocycles. The van der Waals surface area contributed by atoms with Gasteiger partial charge >= 0.3 is 0 Å². The Kier molecular flexibility index (Phi) is 5.19. The molecule has 0 bridgehead atoms. The van der Waals surface area contributed by atoms with Crippen LogP contribution in [0.1, 0.15) is 37.8 Å². The number of phenolic OH excluding ortho intramolecular Hbond substituents is 1. The third-order valence-electron chi connectivity index (χ3n) is 3.41. The van der Waals surface area contributed by atoms with Crippen LogP contribution in [0.15, 0.2) is 18.2 Å². The van der Waals surface area contributed by atoms with Gasteiger partial charge < -0.3 is 5.11 Å². The fourth-order valence-electron chi connectivity index (χ4n) is 2.50. The van der Waals surface area contributed by atoms with Crippen LogP contribution in [0.2, 0.25) is 0 Å². The van der Waals surface area contributed by atoms with Crippen molar-refractivity contribution in [3.8, 4) is 5.75 Å². The van der Waals surface area contributed by atoms with Gasteiger partial charge in [0.15, 0.2) is 0 Å². The van der Waals surface area contributed by atoms with Gasteiger partial charge in [0.1, 0.15) is 5.75 Å². The zero-order chi connectivity index (χ0) is 13.7. The van der Waals surface area contributed by atoms with Gasteiger partial charge in [-0.25, -0.2) is 0 Å². The predicted molar refractivity (Wildman–Crippen MR) is 73.6 cm³/mol. The van der Waals surface area contributed by atoms with Crippen LogP contribution in [0.4, 0.5) is 0 Å².